The summed E-state index contributed by atoms with van der Waals surface area (Å²) in [5, 5.41) is 0.718. The van der Waals surface area contributed by atoms with E-state index < -0.39 is 0 Å². The molecule has 0 saturated heterocycles. The third-order valence-corrected chi connectivity index (χ3v) is 3.03. The van der Waals surface area contributed by atoms with Gasteiger partial charge in [-0.1, -0.05) is 11.6 Å². The molecule has 2 aromatic rings. The van der Waals surface area contributed by atoms with Gasteiger partial charge in [0.15, 0.2) is 0 Å². The smallest absolute Gasteiger partial charge is 0.147 e. The van der Waals surface area contributed by atoms with E-state index in [4.69, 9.17) is 11.6 Å². The Morgan fingerprint density at radius 3 is 2.50 bits per heavy atom. The zero-order valence-electron chi connectivity index (χ0n) is 8.69. The normalized spacial score (nSPS) is 11.8. The number of hydrogen-bond acceptors (Lipinski definition) is 1. The standard InChI is InChI=1S/C12H10BrClN2/c1-16-8-2-3-11(13)12(16)15-10-6-4-9(14)5-7-10/h2-8H,1H3. The molecule has 1 aromatic carbocycles. The summed E-state index contributed by atoms with van der Waals surface area (Å²) >= 11 is 9.30. The first-order chi connectivity index (χ1) is 7.66. The molecule has 0 N–H and O–H groups in total. The quantitative estimate of drug-likeness (QED) is 0.764. The number of aryl methyl sites for hydroxylation is 1. The van der Waals surface area contributed by atoms with Crippen molar-refractivity contribution in [3.8, 4) is 0 Å². The lowest BCUT2D eigenvalue weighted by molar-refractivity contribution is 0.828. The van der Waals surface area contributed by atoms with Gasteiger partial charge in [-0.05, 0) is 52.3 Å². The Balaban J connectivity index is 2.55. The van der Waals surface area contributed by atoms with Crippen LogP contribution >= 0.6 is 27.5 Å². The van der Waals surface area contributed by atoms with E-state index in [-0.39, 0.29) is 0 Å². The Labute approximate surface area is 107 Å². The average molecular weight is 298 g/mol. The van der Waals surface area contributed by atoms with E-state index in [9.17, 15) is 0 Å². The SMILES string of the molecule is Cn1cccc(Br)c1=Nc1ccc(Cl)cc1. The molecule has 1 heterocycles. The predicted molar refractivity (Wildman–Crippen MR) is 69.8 cm³/mol. The van der Waals surface area contributed by atoms with E-state index in [1.165, 1.54) is 0 Å². The first-order valence-electron chi connectivity index (χ1n) is 4.78. The first-order valence-corrected chi connectivity index (χ1v) is 5.95. The largest absolute Gasteiger partial charge is 0.335 e. The van der Waals surface area contributed by atoms with E-state index >= 15 is 0 Å². The van der Waals surface area contributed by atoms with Gasteiger partial charge >= 0.3 is 0 Å². The number of pyridine rings is 1. The molecule has 0 aliphatic carbocycles. The highest BCUT2D eigenvalue weighted by Gasteiger charge is 1.95. The van der Waals surface area contributed by atoms with Gasteiger partial charge in [-0.2, -0.15) is 0 Å². The Morgan fingerprint density at radius 2 is 1.88 bits per heavy atom. The van der Waals surface area contributed by atoms with Crippen LogP contribution in [0.15, 0.2) is 52.1 Å². The molecule has 0 saturated carbocycles. The Morgan fingerprint density at radius 1 is 1.19 bits per heavy atom. The molecule has 0 fully saturated rings. The van der Waals surface area contributed by atoms with Crippen molar-refractivity contribution in [2.75, 3.05) is 0 Å². The molecule has 2 nitrogen and oxygen atoms in total. The molecule has 2 rings (SSSR count). The molecule has 0 aliphatic rings. The van der Waals surface area contributed by atoms with Gasteiger partial charge in [0.25, 0.3) is 0 Å². The van der Waals surface area contributed by atoms with Crippen molar-refractivity contribution in [1.82, 2.24) is 4.57 Å². The van der Waals surface area contributed by atoms with Gasteiger partial charge in [0.1, 0.15) is 5.49 Å². The summed E-state index contributed by atoms with van der Waals surface area (Å²) in [7, 11) is 1.96. The second-order valence-corrected chi connectivity index (χ2v) is 4.67. The Hall–Kier alpha value is -1.06. The number of hydrogen-bond donors (Lipinski definition) is 0. The maximum Gasteiger partial charge on any atom is 0.147 e. The molecule has 0 atom stereocenters. The second-order valence-electron chi connectivity index (χ2n) is 3.38. The van der Waals surface area contributed by atoms with E-state index in [0.29, 0.717) is 0 Å². The van der Waals surface area contributed by atoms with Crippen molar-refractivity contribution in [2.45, 2.75) is 0 Å². The average Bonchev–Trinajstić information content (AvgIpc) is 2.26. The monoisotopic (exact) mass is 296 g/mol. The van der Waals surface area contributed by atoms with E-state index in [0.717, 1.165) is 20.7 Å². The van der Waals surface area contributed by atoms with Crippen LogP contribution in [-0.4, -0.2) is 4.57 Å². The highest BCUT2D eigenvalue weighted by molar-refractivity contribution is 9.10. The van der Waals surface area contributed by atoms with Crippen LogP contribution in [0.1, 0.15) is 0 Å². The molecular weight excluding hydrogens is 288 g/mol. The summed E-state index contributed by atoms with van der Waals surface area (Å²) in [4.78, 5) is 4.54. The zero-order chi connectivity index (χ0) is 11.5. The maximum absolute atomic E-state index is 5.82. The number of rotatable bonds is 1. The van der Waals surface area contributed by atoms with Gasteiger partial charge in [0, 0.05) is 18.3 Å². The number of benzene rings is 1. The van der Waals surface area contributed by atoms with Crippen LogP contribution in [0.2, 0.25) is 5.02 Å². The Bertz CT molecular complexity index is 535. The summed E-state index contributed by atoms with van der Waals surface area (Å²) in [6.45, 7) is 0. The summed E-state index contributed by atoms with van der Waals surface area (Å²) < 4.78 is 2.92. The van der Waals surface area contributed by atoms with Crippen LogP contribution in [0.3, 0.4) is 0 Å². The second kappa shape index (κ2) is 4.85. The van der Waals surface area contributed by atoms with Crippen LogP contribution in [0, 0.1) is 0 Å². The van der Waals surface area contributed by atoms with Crippen LogP contribution in [0.4, 0.5) is 5.69 Å². The first kappa shape index (κ1) is 11.4. The van der Waals surface area contributed by atoms with Gasteiger partial charge in [-0.25, -0.2) is 4.99 Å². The molecular formula is C12H10BrClN2. The van der Waals surface area contributed by atoms with Crippen molar-refractivity contribution < 1.29 is 0 Å². The van der Waals surface area contributed by atoms with Crippen molar-refractivity contribution in [3.63, 3.8) is 0 Å². The van der Waals surface area contributed by atoms with E-state index in [1.807, 2.05) is 54.2 Å². The lowest BCUT2D eigenvalue weighted by Gasteiger charge is -2.01. The topological polar surface area (TPSA) is 17.3 Å². The van der Waals surface area contributed by atoms with Crippen molar-refractivity contribution >= 4 is 33.2 Å². The molecule has 0 aliphatic heterocycles. The molecule has 0 radical (unpaired) electrons. The fourth-order valence-corrected chi connectivity index (χ4v) is 1.99. The van der Waals surface area contributed by atoms with Crippen LogP contribution in [0.5, 0.6) is 0 Å². The maximum atomic E-state index is 5.82. The number of nitrogens with zero attached hydrogens (tertiary/aromatic N) is 2. The van der Waals surface area contributed by atoms with Crippen molar-refractivity contribution in [1.29, 1.82) is 0 Å². The van der Waals surface area contributed by atoms with E-state index in [1.54, 1.807) is 0 Å². The lowest BCUT2D eigenvalue weighted by Crippen LogP contribution is -2.17. The zero-order valence-corrected chi connectivity index (χ0v) is 11.0. The summed E-state index contributed by atoms with van der Waals surface area (Å²) in [5.74, 6) is 0. The summed E-state index contributed by atoms with van der Waals surface area (Å²) in [5.41, 5.74) is 1.76. The highest BCUT2D eigenvalue weighted by Crippen LogP contribution is 2.15. The van der Waals surface area contributed by atoms with Crippen molar-refractivity contribution in [3.05, 3.63) is 57.6 Å². The van der Waals surface area contributed by atoms with Gasteiger partial charge in [-0.3, -0.25) is 0 Å². The molecule has 4 heteroatoms. The lowest BCUT2D eigenvalue weighted by atomic mass is 10.3. The fraction of sp³-hybridized carbons (Fsp3) is 0.0833. The molecule has 0 bridgehead atoms. The van der Waals surface area contributed by atoms with E-state index in [2.05, 4.69) is 20.9 Å². The minimum absolute atomic E-state index is 0.718. The number of halogens is 2. The van der Waals surface area contributed by atoms with Crippen molar-refractivity contribution in [2.24, 2.45) is 12.0 Å². The molecule has 0 amide bonds. The highest BCUT2D eigenvalue weighted by atomic mass is 79.9. The molecule has 0 spiro atoms. The van der Waals surface area contributed by atoms with Crippen LogP contribution < -0.4 is 5.49 Å². The fourth-order valence-electron chi connectivity index (χ4n) is 1.34. The molecule has 0 unspecified atom stereocenters. The third-order valence-electron chi connectivity index (χ3n) is 2.16. The van der Waals surface area contributed by atoms with Crippen LogP contribution in [0.25, 0.3) is 0 Å². The minimum Gasteiger partial charge on any atom is -0.335 e. The molecule has 1 aromatic heterocycles. The van der Waals surface area contributed by atoms with Crippen LogP contribution in [-0.2, 0) is 7.05 Å². The third kappa shape index (κ3) is 2.54. The number of aromatic nitrogens is 1. The molecule has 82 valence electrons. The van der Waals surface area contributed by atoms with Gasteiger partial charge in [0.05, 0.1) is 10.2 Å². The summed E-state index contributed by atoms with van der Waals surface area (Å²) in [6.07, 6.45) is 1.96. The van der Waals surface area contributed by atoms with Gasteiger partial charge in [0.2, 0.25) is 0 Å². The summed E-state index contributed by atoms with van der Waals surface area (Å²) in [6, 6.07) is 11.4. The van der Waals surface area contributed by atoms with Gasteiger partial charge in [-0.15, -0.1) is 0 Å². The van der Waals surface area contributed by atoms with Gasteiger partial charge < -0.3 is 4.57 Å². The minimum atomic E-state index is 0.718. The predicted octanol–water partition coefficient (Wildman–Crippen LogP) is 3.67. The Kier molecular flexibility index (Phi) is 3.46. The molecule has 16 heavy (non-hydrogen) atoms.